The summed E-state index contributed by atoms with van der Waals surface area (Å²) < 4.78 is 25.0. The molecule has 6 nitrogen and oxygen atoms in total. The molecule has 0 spiro atoms. The van der Waals surface area contributed by atoms with Crippen LogP contribution in [0.25, 0.3) is 44.5 Å². The number of benzene rings is 6. The SMILES string of the molecule is COC[C@H]1OC(C(C)(C)C2=N[C@H](c3cc(-c4ccccc4)cc(-c4ccccc4)c3)[C@@H](COC)O2)=N[C@@H]1c1cc(-c2ccccc2)cc(-c2ccccc2)c1. The van der Waals surface area contributed by atoms with Crippen molar-refractivity contribution in [3.63, 3.8) is 0 Å². The van der Waals surface area contributed by atoms with Crippen molar-refractivity contribution in [2.75, 3.05) is 27.4 Å². The maximum absolute atomic E-state index is 6.76. The Hall–Kier alpha value is -5.82. The zero-order valence-corrected chi connectivity index (χ0v) is 31.8. The normalized spacial score (nSPS) is 19.3. The van der Waals surface area contributed by atoms with E-state index in [1.54, 1.807) is 14.2 Å². The average molecular weight is 727 g/mol. The predicted octanol–water partition coefficient (Wildman–Crippen LogP) is 11.1. The third kappa shape index (κ3) is 7.61. The monoisotopic (exact) mass is 726 g/mol. The molecule has 0 saturated heterocycles. The maximum Gasteiger partial charge on any atom is 0.199 e. The highest BCUT2D eigenvalue weighted by atomic mass is 16.6. The lowest BCUT2D eigenvalue weighted by Crippen LogP contribution is -2.37. The summed E-state index contributed by atoms with van der Waals surface area (Å²) in [5.41, 5.74) is 10.4. The molecule has 0 aliphatic carbocycles. The van der Waals surface area contributed by atoms with Gasteiger partial charge in [0.25, 0.3) is 0 Å². The molecule has 8 rings (SSSR count). The number of hydrogen-bond donors (Lipinski definition) is 0. The summed E-state index contributed by atoms with van der Waals surface area (Å²) in [5.74, 6) is 1.15. The fourth-order valence-corrected chi connectivity index (χ4v) is 7.60. The molecule has 6 aromatic rings. The van der Waals surface area contributed by atoms with Gasteiger partial charge in [-0.05, 0) is 106 Å². The quantitative estimate of drug-likeness (QED) is 0.126. The van der Waals surface area contributed by atoms with Crippen molar-refractivity contribution in [2.45, 2.75) is 38.1 Å². The van der Waals surface area contributed by atoms with Crippen molar-refractivity contribution in [3.8, 4) is 44.5 Å². The summed E-state index contributed by atoms with van der Waals surface area (Å²) in [4.78, 5) is 10.7. The van der Waals surface area contributed by atoms with Crippen molar-refractivity contribution in [3.05, 3.63) is 169 Å². The topological polar surface area (TPSA) is 61.6 Å². The smallest absolute Gasteiger partial charge is 0.199 e. The molecule has 0 amide bonds. The summed E-state index contributed by atoms with van der Waals surface area (Å²) in [7, 11) is 3.41. The Bertz CT molecular complexity index is 2010. The van der Waals surface area contributed by atoms with Gasteiger partial charge in [0.05, 0.1) is 13.2 Å². The number of hydrogen-bond acceptors (Lipinski definition) is 6. The van der Waals surface area contributed by atoms with E-state index in [-0.39, 0.29) is 24.3 Å². The summed E-state index contributed by atoms with van der Waals surface area (Å²) in [6.07, 6.45) is -0.671. The molecular formula is C49H46N2O4. The molecule has 0 fully saturated rings. The molecule has 2 aliphatic rings. The van der Waals surface area contributed by atoms with Crippen LogP contribution < -0.4 is 0 Å². The lowest BCUT2D eigenvalue weighted by molar-refractivity contribution is 0.0610. The molecule has 2 aliphatic heterocycles. The van der Waals surface area contributed by atoms with Gasteiger partial charge in [0.2, 0.25) is 0 Å². The van der Waals surface area contributed by atoms with E-state index in [0.29, 0.717) is 25.0 Å². The van der Waals surface area contributed by atoms with E-state index in [1.165, 1.54) is 0 Å². The first-order chi connectivity index (χ1) is 26.9. The first-order valence-electron chi connectivity index (χ1n) is 18.9. The summed E-state index contributed by atoms with van der Waals surface area (Å²) >= 11 is 0. The fourth-order valence-electron chi connectivity index (χ4n) is 7.60. The maximum atomic E-state index is 6.76. The van der Waals surface area contributed by atoms with E-state index in [9.17, 15) is 0 Å². The Labute approximate surface area is 324 Å². The van der Waals surface area contributed by atoms with E-state index < -0.39 is 5.41 Å². The zero-order valence-electron chi connectivity index (χ0n) is 31.8. The predicted molar refractivity (Wildman–Crippen MR) is 222 cm³/mol. The van der Waals surface area contributed by atoms with Gasteiger partial charge in [-0.1, -0.05) is 121 Å². The van der Waals surface area contributed by atoms with Crippen LogP contribution in [0, 0.1) is 5.41 Å². The van der Waals surface area contributed by atoms with Gasteiger partial charge < -0.3 is 18.9 Å². The van der Waals surface area contributed by atoms with E-state index >= 15 is 0 Å². The van der Waals surface area contributed by atoms with E-state index in [2.05, 4.69) is 147 Å². The molecule has 0 radical (unpaired) electrons. The Morgan fingerprint density at radius 1 is 0.436 bits per heavy atom. The Morgan fingerprint density at radius 2 is 0.727 bits per heavy atom. The number of aliphatic imine (C=N–C) groups is 2. The Morgan fingerprint density at radius 3 is 1.00 bits per heavy atom. The van der Waals surface area contributed by atoms with Gasteiger partial charge in [0.1, 0.15) is 29.7 Å². The van der Waals surface area contributed by atoms with Crippen molar-refractivity contribution < 1.29 is 18.9 Å². The van der Waals surface area contributed by atoms with Crippen LogP contribution in [-0.2, 0) is 18.9 Å². The standard InChI is InChI=1S/C49H46N2O4/c1-49(2,47-50-45(43(54-47)31-52-3)41-27-37(33-17-9-5-10-18-33)25-38(28-41)34-19-11-6-12-20-34)48-51-46(44(55-48)32-53-4)42-29-39(35-21-13-7-14-22-35)26-40(30-42)36-23-15-8-16-24-36/h5-30,43-46H,31-32H2,1-4H3/t43-,44-,45-,46-/m1/s1. The zero-order chi connectivity index (χ0) is 37.8. The molecule has 276 valence electrons. The number of rotatable bonds is 12. The second kappa shape index (κ2) is 15.9. The van der Waals surface area contributed by atoms with Crippen LogP contribution in [0.15, 0.2) is 168 Å². The van der Waals surface area contributed by atoms with Gasteiger partial charge in [-0.2, -0.15) is 0 Å². The second-order valence-corrected chi connectivity index (χ2v) is 14.8. The molecule has 6 aromatic carbocycles. The van der Waals surface area contributed by atoms with Crippen LogP contribution in [0.4, 0.5) is 0 Å². The minimum atomic E-state index is -0.778. The van der Waals surface area contributed by atoms with Gasteiger partial charge in [0.15, 0.2) is 11.8 Å². The van der Waals surface area contributed by atoms with Crippen LogP contribution >= 0.6 is 0 Å². The number of nitrogens with zero attached hydrogens (tertiary/aromatic N) is 2. The van der Waals surface area contributed by atoms with Gasteiger partial charge in [-0.15, -0.1) is 0 Å². The molecule has 4 atom stereocenters. The van der Waals surface area contributed by atoms with Gasteiger partial charge in [-0.25, -0.2) is 9.98 Å². The molecule has 0 saturated carbocycles. The van der Waals surface area contributed by atoms with Crippen LogP contribution in [0.3, 0.4) is 0 Å². The lowest BCUT2D eigenvalue weighted by atomic mass is 9.91. The van der Waals surface area contributed by atoms with Crippen molar-refractivity contribution in [1.82, 2.24) is 0 Å². The molecule has 2 heterocycles. The minimum Gasteiger partial charge on any atom is -0.472 e. The van der Waals surface area contributed by atoms with Crippen LogP contribution in [0.2, 0.25) is 0 Å². The van der Waals surface area contributed by atoms with Gasteiger partial charge in [0, 0.05) is 14.2 Å². The van der Waals surface area contributed by atoms with Gasteiger partial charge >= 0.3 is 0 Å². The van der Waals surface area contributed by atoms with E-state index in [1.807, 2.05) is 24.3 Å². The highest BCUT2D eigenvalue weighted by molar-refractivity contribution is 6.05. The summed E-state index contributed by atoms with van der Waals surface area (Å²) in [5, 5.41) is 0. The highest BCUT2D eigenvalue weighted by Crippen LogP contribution is 2.43. The largest absolute Gasteiger partial charge is 0.472 e. The molecule has 0 N–H and O–H groups in total. The molecule has 0 aromatic heterocycles. The summed E-state index contributed by atoms with van der Waals surface area (Å²) in [6, 6.07) is 54.7. The highest BCUT2D eigenvalue weighted by Gasteiger charge is 2.47. The second-order valence-electron chi connectivity index (χ2n) is 14.8. The van der Waals surface area contributed by atoms with Crippen molar-refractivity contribution >= 4 is 11.8 Å². The third-order valence-electron chi connectivity index (χ3n) is 10.5. The first-order valence-corrected chi connectivity index (χ1v) is 18.9. The van der Waals surface area contributed by atoms with E-state index in [0.717, 1.165) is 55.6 Å². The lowest BCUT2D eigenvalue weighted by Gasteiger charge is -2.25. The summed E-state index contributed by atoms with van der Waals surface area (Å²) in [6.45, 7) is 4.91. The molecule has 55 heavy (non-hydrogen) atoms. The van der Waals surface area contributed by atoms with Gasteiger partial charge in [-0.3, -0.25) is 0 Å². The van der Waals surface area contributed by atoms with Crippen LogP contribution in [-0.4, -0.2) is 51.4 Å². The van der Waals surface area contributed by atoms with Crippen molar-refractivity contribution in [1.29, 1.82) is 0 Å². The fraction of sp³-hybridized carbons (Fsp3) is 0.224. The number of methoxy groups -OCH3 is 2. The molecule has 0 unspecified atom stereocenters. The average Bonchev–Trinajstić information content (AvgIpc) is 3.88. The minimum absolute atomic E-state index is 0.302. The van der Waals surface area contributed by atoms with E-state index in [4.69, 9.17) is 28.9 Å². The molecule has 0 bridgehead atoms. The molecule has 6 heteroatoms. The Balaban J connectivity index is 1.18. The first kappa shape index (κ1) is 36.2. The Kier molecular flexibility index (Phi) is 10.4. The number of ether oxygens (including phenoxy) is 4. The van der Waals surface area contributed by atoms with Crippen molar-refractivity contribution in [2.24, 2.45) is 15.4 Å². The third-order valence-corrected chi connectivity index (χ3v) is 10.5. The molecular weight excluding hydrogens is 681 g/mol. The van der Waals surface area contributed by atoms with Crippen LogP contribution in [0.1, 0.15) is 37.1 Å². The van der Waals surface area contributed by atoms with Crippen LogP contribution in [0.5, 0.6) is 0 Å².